The predicted molar refractivity (Wildman–Crippen MR) is 256 cm³/mol. The van der Waals surface area contributed by atoms with Crippen molar-refractivity contribution in [2.24, 2.45) is 0 Å². The average Bonchev–Trinajstić information content (AvgIpc) is 3.26. The molecule has 1 aliphatic heterocycles. The number of aliphatic hydroxyl groups excluding tert-OH is 3. The second kappa shape index (κ2) is 40.4. The SMILES string of the molecule is CC/C=C\C/C=C\C/C=C\C/C=C\C/C=C\CCCCCC(=O)OC(COC(=O)CCCCCCCCC/C=C\CCCCCCCC)COC1OC(CS(=O)(=O)O)C(O)C(O)C1O. The third-order valence-corrected chi connectivity index (χ3v) is 11.5. The third kappa shape index (κ3) is 34.4. The number of hydrogen-bond acceptors (Lipinski definition) is 11. The van der Waals surface area contributed by atoms with Crippen LogP contribution < -0.4 is 0 Å². The molecule has 0 aromatic carbocycles. The van der Waals surface area contributed by atoms with E-state index in [4.69, 9.17) is 18.9 Å². The molecule has 1 aliphatic rings. The van der Waals surface area contributed by atoms with E-state index < -0.39 is 71.2 Å². The number of aliphatic hydroxyl groups is 3. The summed E-state index contributed by atoms with van der Waals surface area (Å²) >= 11 is 0. The molecule has 0 amide bonds. The van der Waals surface area contributed by atoms with Gasteiger partial charge in [0.25, 0.3) is 10.1 Å². The molecule has 4 N–H and O–H groups in total. The van der Waals surface area contributed by atoms with E-state index in [2.05, 4.69) is 86.8 Å². The van der Waals surface area contributed by atoms with Gasteiger partial charge in [0.15, 0.2) is 12.4 Å². The second-order valence-electron chi connectivity index (χ2n) is 16.7. The first-order chi connectivity index (χ1) is 31.0. The molecule has 6 atom stereocenters. The normalized spacial score (nSPS) is 20.2. The molecule has 0 radical (unpaired) electrons. The van der Waals surface area contributed by atoms with E-state index in [-0.39, 0.29) is 19.4 Å². The Morgan fingerprint density at radius 1 is 0.547 bits per heavy atom. The molecule has 13 heteroatoms. The Balaban J connectivity index is 2.44. The zero-order valence-corrected chi connectivity index (χ0v) is 40.2. The van der Waals surface area contributed by atoms with Gasteiger partial charge in [-0.1, -0.05) is 157 Å². The molecule has 1 fully saturated rings. The van der Waals surface area contributed by atoms with Gasteiger partial charge in [-0.25, -0.2) is 0 Å². The van der Waals surface area contributed by atoms with Crippen LogP contribution in [-0.4, -0.2) is 96.0 Å². The quantitative estimate of drug-likeness (QED) is 0.0198. The summed E-state index contributed by atoms with van der Waals surface area (Å²) in [6.45, 7) is 3.62. The fraction of sp³-hybridized carbons (Fsp3) is 0.725. The van der Waals surface area contributed by atoms with Gasteiger partial charge in [-0.2, -0.15) is 8.42 Å². The first-order valence-corrected chi connectivity index (χ1v) is 26.1. The van der Waals surface area contributed by atoms with Crippen LogP contribution in [0.15, 0.2) is 72.9 Å². The van der Waals surface area contributed by atoms with Crippen LogP contribution in [0.2, 0.25) is 0 Å². The maximum atomic E-state index is 12.8. The Kier molecular flexibility index (Phi) is 37.3. The first kappa shape index (κ1) is 59.1. The Labute approximate surface area is 387 Å². The Bertz CT molecular complexity index is 1450. The number of allylic oxidation sites excluding steroid dienone is 12. The van der Waals surface area contributed by atoms with Gasteiger partial charge in [-0.05, 0) is 83.5 Å². The highest BCUT2D eigenvalue weighted by atomic mass is 32.2. The highest BCUT2D eigenvalue weighted by molar-refractivity contribution is 7.85. The number of carbonyl (C=O) groups is 2. The van der Waals surface area contributed by atoms with Crippen LogP contribution in [0.3, 0.4) is 0 Å². The lowest BCUT2D eigenvalue weighted by Gasteiger charge is -2.40. The molecule has 6 unspecified atom stereocenters. The molecule has 368 valence electrons. The number of unbranched alkanes of at least 4 members (excludes halogenated alkanes) is 16. The molecule has 0 aliphatic carbocycles. The van der Waals surface area contributed by atoms with E-state index in [1.54, 1.807) is 0 Å². The minimum atomic E-state index is -4.61. The fourth-order valence-electron chi connectivity index (χ4n) is 6.99. The molecule has 0 saturated carbocycles. The zero-order valence-electron chi connectivity index (χ0n) is 39.4. The van der Waals surface area contributed by atoms with Crippen molar-refractivity contribution in [2.45, 2.75) is 218 Å². The van der Waals surface area contributed by atoms with Gasteiger partial charge in [0.2, 0.25) is 0 Å². The highest BCUT2D eigenvalue weighted by Gasteiger charge is 2.46. The van der Waals surface area contributed by atoms with Crippen LogP contribution in [0.1, 0.15) is 181 Å². The number of esters is 2. The smallest absolute Gasteiger partial charge is 0.306 e. The number of rotatable bonds is 40. The predicted octanol–water partition coefficient (Wildman–Crippen LogP) is 10.7. The molecule has 12 nitrogen and oxygen atoms in total. The van der Waals surface area contributed by atoms with Crippen molar-refractivity contribution in [3.8, 4) is 0 Å². The molecular formula is C51H86O12S. The van der Waals surface area contributed by atoms with E-state index in [9.17, 15) is 37.9 Å². The van der Waals surface area contributed by atoms with Crippen LogP contribution in [0.4, 0.5) is 0 Å². The Morgan fingerprint density at radius 2 is 0.984 bits per heavy atom. The summed E-state index contributed by atoms with van der Waals surface area (Å²) in [5.41, 5.74) is 0. The van der Waals surface area contributed by atoms with Crippen molar-refractivity contribution >= 4 is 22.1 Å². The second-order valence-corrected chi connectivity index (χ2v) is 18.2. The standard InChI is InChI=1S/C51H86O12S/c1-3-5-7-9-11-13-15-17-19-21-22-24-26-28-30-32-34-36-38-40-47(53)62-44(42-61-51-50(56)49(55)48(54)45(63-51)43-64(57,58)59)41-60-46(52)39-37-35-33-31-29-27-25-23-20-18-16-14-12-10-8-6-4-2/h5,7,11,13,17-20,22,24,28,30,44-45,48-51,54-56H,3-4,6,8-10,12,14-16,21,23,25-27,29,31-43H2,1-2H3,(H,57,58,59)/b7-5-,13-11-,19-17-,20-18-,24-22-,30-28-. The molecule has 0 bridgehead atoms. The lowest BCUT2D eigenvalue weighted by Crippen LogP contribution is -2.60. The fourth-order valence-corrected chi connectivity index (χ4v) is 7.68. The largest absolute Gasteiger partial charge is 0.462 e. The summed E-state index contributed by atoms with van der Waals surface area (Å²) in [6.07, 6.45) is 42.2. The van der Waals surface area contributed by atoms with E-state index in [0.29, 0.717) is 12.8 Å². The lowest BCUT2D eigenvalue weighted by atomic mass is 10.00. The van der Waals surface area contributed by atoms with Crippen molar-refractivity contribution in [1.29, 1.82) is 0 Å². The molecule has 1 saturated heterocycles. The minimum absolute atomic E-state index is 0.121. The van der Waals surface area contributed by atoms with Crippen molar-refractivity contribution < 1.29 is 56.8 Å². The third-order valence-electron chi connectivity index (χ3n) is 10.8. The van der Waals surface area contributed by atoms with Crippen LogP contribution in [0, 0.1) is 0 Å². The number of carbonyl (C=O) groups excluding carboxylic acids is 2. The van der Waals surface area contributed by atoms with Crippen molar-refractivity contribution in [1.82, 2.24) is 0 Å². The van der Waals surface area contributed by atoms with Crippen LogP contribution in [-0.2, 0) is 38.7 Å². The summed E-state index contributed by atoms with van der Waals surface area (Å²) in [5.74, 6) is -2.04. The van der Waals surface area contributed by atoms with E-state index >= 15 is 0 Å². The summed E-state index contributed by atoms with van der Waals surface area (Å²) in [4.78, 5) is 25.5. The van der Waals surface area contributed by atoms with Crippen LogP contribution >= 0.6 is 0 Å². The van der Waals surface area contributed by atoms with Crippen molar-refractivity contribution in [3.05, 3.63) is 72.9 Å². The molecule has 0 aromatic heterocycles. The average molecular weight is 923 g/mol. The Hall–Kier alpha value is -2.91. The summed E-state index contributed by atoms with van der Waals surface area (Å²) < 4.78 is 54.1. The molecule has 0 aromatic rings. The maximum Gasteiger partial charge on any atom is 0.306 e. The lowest BCUT2D eigenvalue weighted by molar-refractivity contribution is -0.297. The minimum Gasteiger partial charge on any atom is -0.462 e. The van der Waals surface area contributed by atoms with Crippen LogP contribution in [0.25, 0.3) is 0 Å². The van der Waals surface area contributed by atoms with Gasteiger partial charge < -0.3 is 34.3 Å². The van der Waals surface area contributed by atoms with Crippen LogP contribution in [0.5, 0.6) is 0 Å². The molecule has 1 rings (SSSR count). The molecule has 64 heavy (non-hydrogen) atoms. The van der Waals surface area contributed by atoms with Gasteiger partial charge in [-0.15, -0.1) is 0 Å². The van der Waals surface area contributed by atoms with Gasteiger partial charge in [0.1, 0.15) is 36.8 Å². The highest BCUT2D eigenvalue weighted by Crippen LogP contribution is 2.24. The van der Waals surface area contributed by atoms with Crippen molar-refractivity contribution in [3.63, 3.8) is 0 Å². The summed E-state index contributed by atoms with van der Waals surface area (Å²) in [7, 11) is -4.61. The molecular weight excluding hydrogens is 837 g/mol. The molecule has 1 heterocycles. The maximum absolute atomic E-state index is 12.8. The van der Waals surface area contributed by atoms with Gasteiger partial charge in [-0.3, -0.25) is 14.1 Å². The summed E-state index contributed by atoms with van der Waals surface area (Å²) in [5, 5.41) is 30.9. The topological polar surface area (TPSA) is 186 Å². The van der Waals surface area contributed by atoms with E-state index in [1.807, 2.05) is 0 Å². The summed E-state index contributed by atoms with van der Waals surface area (Å²) in [6, 6.07) is 0. The van der Waals surface area contributed by atoms with Gasteiger partial charge in [0.05, 0.1) is 6.61 Å². The monoisotopic (exact) mass is 923 g/mol. The number of ether oxygens (including phenoxy) is 4. The molecule has 0 spiro atoms. The van der Waals surface area contributed by atoms with Gasteiger partial charge >= 0.3 is 11.9 Å². The first-order valence-electron chi connectivity index (χ1n) is 24.5. The van der Waals surface area contributed by atoms with Crippen molar-refractivity contribution in [2.75, 3.05) is 19.0 Å². The zero-order chi connectivity index (χ0) is 46.9. The van der Waals surface area contributed by atoms with E-state index in [0.717, 1.165) is 77.0 Å². The van der Waals surface area contributed by atoms with Gasteiger partial charge in [0, 0.05) is 12.8 Å². The number of hydrogen-bond donors (Lipinski definition) is 4. The van der Waals surface area contributed by atoms with E-state index in [1.165, 1.54) is 64.2 Å². The Morgan fingerprint density at radius 3 is 1.50 bits per heavy atom.